The van der Waals surface area contributed by atoms with E-state index in [4.69, 9.17) is 0 Å². The predicted molar refractivity (Wildman–Crippen MR) is 41.0 cm³/mol. The van der Waals surface area contributed by atoms with Crippen molar-refractivity contribution in [3.63, 3.8) is 0 Å². The Labute approximate surface area is 61.3 Å². The molecule has 1 aliphatic rings. The highest BCUT2D eigenvalue weighted by molar-refractivity contribution is 5.87. The van der Waals surface area contributed by atoms with E-state index in [1.54, 1.807) is 0 Å². The van der Waals surface area contributed by atoms with E-state index in [1.807, 2.05) is 4.90 Å². The van der Waals surface area contributed by atoms with Crippen LogP contribution in [0.2, 0.25) is 0 Å². The summed E-state index contributed by atoms with van der Waals surface area (Å²) in [6, 6.07) is 0. The maximum atomic E-state index is 10.8. The van der Waals surface area contributed by atoms with Crippen molar-refractivity contribution in [1.82, 2.24) is 11.1 Å². The molecule has 1 heterocycles. The summed E-state index contributed by atoms with van der Waals surface area (Å²) >= 11 is 0. The van der Waals surface area contributed by atoms with Gasteiger partial charge in [-0.2, -0.15) is 0 Å². The highest BCUT2D eigenvalue weighted by atomic mass is 16.2. The fourth-order valence-corrected chi connectivity index (χ4v) is 1.07. The fourth-order valence-electron chi connectivity index (χ4n) is 1.07. The Morgan fingerprint density at radius 3 is 2.30 bits per heavy atom. The first-order valence-electron chi connectivity index (χ1n) is 3.26. The number of rotatable bonds is 1. The highest BCUT2D eigenvalue weighted by Gasteiger charge is 2.13. The first-order chi connectivity index (χ1) is 4.34. The second-order valence-corrected chi connectivity index (χ2v) is 2.24. The minimum atomic E-state index is 0. The van der Waals surface area contributed by atoms with Crippen molar-refractivity contribution in [3.8, 4) is 0 Å². The SMILES string of the molecule is C=CC(=O)N1CCCC1.N. The Balaban J connectivity index is 0.000000810. The zero-order chi connectivity index (χ0) is 6.69. The van der Waals surface area contributed by atoms with Crippen LogP contribution in [0.25, 0.3) is 0 Å². The Morgan fingerprint density at radius 1 is 1.40 bits per heavy atom. The van der Waals surface area contributed by atoms with E-state index in [1.165, 1.54) is 6.08 Å². The molecular formula is C7H14N2O. The van der Waals surface area contributed by atoms with E-state index >= 15 is 0 Å². The lowest BCUT2D eigenvalue weighted by Gasteiger charge is -2.10. The second kappa shape index (κ2) is 4.06. The summed E-state index contributed by atoms with van der Waals surface area (Å²) in [6.45, 7) is 5.26. The first kappa shape index (κ1) is 9.17. The van der Waals surface area contributed by atoms with Gasteiger partial charge in [-0.05, 0) is 18.9 Å². The maximum Gasteiger partial charge on any atom is 0.245 e. The molecule has 3 nitrogen and oxygen atoms in total. The third-order valence-corrected chi connectivity index (χ3v) is 1.59. The molecule has 58 valence electrons. The average Bonchev–Trinajstić information content (AvgIpc) is 2.37. The van der Waals surface area contributed by atoms with Gasteiger partial charge in [-0.1, -0.05) is 6.58 Å². The highest BCUT2D eigenvalue weighted by Crippen LogP contribution is 2.06. The first-order valence-corrected chi connectivity index (χ1v) is 3.26. The maximum absolute atomic E-state index is 10.8. The summed E-state index contributed by atoms with van der Waals surface area (Å²) < 4.78 is 0. The molecule has 0 atom stereocenters. The van der Waals surface area contributed by atoms with Crippen LogP contribution in [0, 0.1) is 0 Å². The van der Waals surface area contributed by atoms with Gasteiger partial charge < -0.3 is 11.1 Å². The summed E-state index contributed by atoms with van der Waals surface area (Å²) in [7, 11) is 0. The summed E-state index contributed by atoms with van der Waals surface area (Å²) in [5.41, 5.74) is 0. The molecule has 1 fully saturated rings. The molecule has 0 radical (unpaired) electrons. The van der Waals surface area contributed by atoms with Crippen LogP contribution in [0.4, 0.5) is 0 Å². The zero-order valence-electron chi connectivity index (χ0n) is 6.18. The third-order valence-electron chi connectivity index (χ3n) is 1.59. The van der Waals surface area contributed by atoms with Gasteiger partial charge >= 0.3 is 0 Å². The molecule has 0 aromatic carbocycles. The van der Waals surface area contributed by atoms with Crippen molar-refractivity contribution in [2.45, 2.75) is 12.8 Å². The molecule has 0 spiro atoms. The Hall–Kier alpha value is -0.830. The van der Waals surface area contributed by atoms with E-state index in [0.29, 0.717) is 0 Å². The van der Waals surface area contributed by atoms with Crippen LogP contribution >= 0.6 is 0 Å². The molecule has 1 aliphatic heterocycles. The molecule has 0 unspecified atom stereocenters. The van der Waals surface area contributed by atoms with Gasteiger partial charge in [0.25, 0.3) is 0 Å². The molecule has 10 heavy (non-hydrogen) atoms. The molecule has 1 amide bonds. The summed E-state index contributed by atoms with van der Waals surface area (Å²) in [5.74, 6) is 0.0764. The zero-order valence-corrected chi connectivity index (χ0v) is 6.18. The lowest BCUT2D eigenvalue weighted by Crippen LogP contribution is -2.25. The van der Waals surface area contributed by atoms with Crippen LogP contribution in [0.3, 0.4) is 0 Å². The number of hydrogen-bond donors (Lipinski definition) is 1. The Bertz CT molecular complexity index is 128. The van der Waals surface area contributed by atoms with Crippen molar-refractivity contribution in [3.05, 3.63) is 12.7 Å². The summed E-state index contributed by atoms with van der Waals surface area (Å²) in [4.78, 5) is 12.6. The molecule has 0 aliphatic carbocycles. The minimum absolute atomic E-state index is 0. The van der Waals surface area contributed by atoms with Gasteiger partial charge in [-0.15, -0.1) is 0 Å². The number of carbonyl (C=O) groups excluding carboxylic acids is 1. The van der Waals surface area contributed by atoms with Crippen LogP contribution < -0.4 is 6.15 Å². The minimum Gasteiger partial charge on any atom is -0.344 e. The number of hydrogen-bond acceptors (Lipinski definition) is 2. The van der Waals surface area contributed by atoms with E-state index in [-0.39, 0.29) is 12.1 Å². The van der Waals surface area contributed by atoms with E-state index in [2.05, 4.69) is 6.58 Å². The molecule has 3 heteroatoms. The number of likely N-dealkylation sites (tertiary alicyclic amines) is 1. The molecule has 3 N–H and O–H groups in total. The number of nitrogens with zero attached hydrogens (tertiary/aromatic N) is 1. The van der Waals surface area contributed by atoms with Gasteiger partial charge in [-0.3, -0.25) is 4.79 Å². The molecule has 0 saturated carbocycles. The lowest BCUT2D eigenvalue weighted by molar-refractivity contribution is -0.124. The molecular weight excluding hydrogens is 128 g/mol. The van der Waals surface area contributed by atoms with Crippen LogP contribution in [0.5, 0.6) is 0 Å². The van der Waals surface area contributed by atoms with Crippen molar-refractivity contribution < 1.29 is 4.79 Å². The van der Waals surface area contributed by atoms with Crippen LogP contribution in [0.1, 0.15) is 12.8 Å². The van der Waals surface area contributed by atoms with Gasteiger partial charge in [0, 0.05) is 13.1 Å². The van der Waals surface area contributed by atoms with E-state index in [0.717, 1.165) is 25.9 Å². The predicted octanol–water partition coefficient (Wildman–Crippen LogP) is 0.957. The molecule has 0 aromatic rings. The number of carbonyl (C=O) groups is 1. The molecule has 1 saturated heterocycles. The van der Waals surface area contributed by atoms with E-state index < -0.39 is 0 Å². The normalized spacial score (nSPS) is 16.2. The van der Waals surface area contributed by atoms with Gasteiger partial charge in [0.05, 0.1) is 0 Å². The van der Waals surface area contributed by atoms with Crippen molar-refractivity contribution >= 4 is 5.91 Å². The number of amides is 1. The Kier molecular flexibility index (Phi) is 3.72. The van der Waals surface area contributed by atoms with Crippen molar-refractivity contribution in [2.24, 2.45) is 0 Å². The van der Waals surface area contributed by atoms with Crippen LogP contribution in [-0.2, 0) is 4.79 Å². The summed E-state index contributed by atoms with van der Waals surface area (Å²) in [6.07, 6.45) is 3.68. The van der Waals surface area contributed by atoms with Crippen LogP contribution in [-0.4, -0.2) is 23.9 Å². The lowest BCUT2D eigenvalue weighted by atomic mass is 10.4. The third kappa shape index (κ3) is 1.84. The van der Waals surface area contributed by atoms with Crippen molar-refractivity contribution in [2.75, 3.05) is 13.1 Å². The van der Waals surface area contributed by atoms with Gasteiger partial charge in [-0.25, -0.2) is 0 Å². The standard InChI is InChI=1S/C7H11NO.H3N/c1-2-7(9)8-5-3-4-6-8;/h2H,1,3-6H2;1H3. The molecule has 1 rings (SSSR count). The summed E-state index contributed by atoms with van der Waals surface area (Å²) in [5, 5.41) is 0. The molecule has 0 aromatic heterocycles. The Morgan fingerprint density at radius 2 is 1.90 bits per heavy atom. The smallest absolute Gasteiger partial charge is 0.245 e. The second-order valence-electron chi connectivity index (χ2n) is 2.24. The monoisotopic (exact) mass is 142 g/mol. The van der Waals surface area contributed by atoms with Crippen LogP contribution in [0.15, 0.2) is 12.7 Å². The topological polar surface area (TPSA) is 55.3 Å². The van der Waals surface area contributed by atoms with Crippen molar-refractivity contribution in [1.29, 1.82) is 0 Å². The molecule has 0 bridgehead atoms. The fraction of sp³-hybridized carbons (Fsp3) is 0.571. The van der Waals surface area contributed by atoms with E-state index in [9.17, 15) is 4.79 Å². The van der Waals surface area contributed by atoms with Gasteiger partial charge in [0.15, 0.2) is 0 Å². The van der Waals surface area contributed by atoms with Gasteiger partial charge in [0.1, 0.15) is 0 Å². The largest absolute Gasteiger partial charge is 0.344 e. The quantitative estimate of drug-likeness (QED) is 0.554. The average molecular weight is 142 g/mol. The van der Waals surface area contributed by atoms with Gasteiger partial charge in [0.2, 0.25) is 5.91 Å².